The first kappa shape index (κ1) is 33.2. The second kappa shape index (κ2) is 13.9. The van der Waals surface area contributed by atoms with Crippen LogP contribution in [0.15, 0.2) is 138 Å². The number of rotatable bonds is 6. The normalized spacial score (nSPS) is 14.9. The van der Waals surface area contributed by atoms with Gasteiger partial charge >= 0.3 is 0 Å². The third-order valence-electron chi connectivity index (χ3n) is 8.25. The maximum Gasteiger partial charge on any atom is 0.251 e. The number of nitriles is 4. The van der Waals surface area contributed by atoms with Crippen LogP contribution in [0.1, 0.15) is 27.1 Å². The first-order valence-corrected chi connectivity index (χ1v) is 17.2. The van der Waals surface area contributed by atoms with Gasteiger partial charge in [-0.05, 0) is 103 Å². The number of allylic oxidation sites excluding steroid dienone is 3. The van der Waals surface area contributed by atoms with E-state index < -0.39 is 17.3 Å². The van der Waals surface area contributed by atoms with Gasteiger partial charge in [0, 0.05) is 62.6 Å². The van der Waals surface area contributed by atoms with E-state index in [0.29, 0.717) is 64.8 Å². The van der Waals surface area contributed by atoms with E-state index in [1.807, 2.05) is 9.48 Å². The van der Waals surface area contributed by atoms with Gasteiger partial charge in [0.1, 0.15) is 5.00 Å². The number of anilines is 3. The molecule has 0 unspecified atom stereocenters. The van der Waals surface area contributed by atoms with Gasteiger partial charge in [0.25, 0.3) is 5.04 Å². The van der Waals surface area contributed by atoms with Crippen LogP contribution in [0.2, 0.25) is 0 Å². The van der Waals surface area contributed by atoms with Gasteiger partial charge in [-0.3, -0.25) is 9.59 Å². The van der Waals surface area contributed by atoms with Gasteiger partial charge in [-0.15, -0.1) is 15.9 Å². The summed E-state index contributed by atoms with van der Waals surface area (Å²) in [5, 5.41) is 52.5. The van der Waals surface area contributed by atoms with Crippen LogP contribution in [0.3, 0.4) is 0 Å². The van der Waals surface area contributed by atoms with E-state index in [2.05, 4.69) is 24.3 Å². The lowest BCUT2D eigenvalue weighted by atomic mass is 10.1. The Bertz CT molecular complexity index is 2490. The number of Topliss-reactive ketones (excluding diaryl/α,β-unsaturated/α-hetero) is 2. The van der Waals surface area contributed by atoms with Crippen molar-refractivity contribution < 1.29 is 14.7 Å². The van der Waals surface area contributed by atoms with Crippen LogP contribution >= 0.6 is 23.1 Å². The average molecular weight is 709 g/mol. The number of carbonyl (C=O) groups excluding carboxylic acids is 2. The maximum absolute atomic E-state index is 14.0. The van der Waals surface area contributed by atoms with Gasteiger partial charge in [0.15, 0.2) is 0 Å². The zero-order valence-corrected chi connectivity index (χ0v) is 28.4. The molecule has 1 aliphatic carbocycles. The minimum atomic E-state index is -0.886. The molecule has 5 aromatic rings. The molecule has 0 amide bonds. The third-order valence-corrected chi connectivity index (χ3v) is 10.4. The molecule has 0 atom stereocenters. The fraction of sp³-hybridized carbons (Fsp3) is 0. The SMILES string of the molecule is N#Cc1ccc(N(c2ccc(C#N)cc2)c2ccc(C3=C([O-])/C(=C4\C=CC(=[N+](c5ccc(C#N)cc5)c5ccc(C#N)cc5)S4)C(=O)C3=O)s2)cc1. The molecule has 2 aliphatic rings. The summed E-state index contributed by atoms with van der Waals surface area (Å²) in [5.41, 5.74) is 4.30. The number of benzene rings is 4. The second-order valence-electron chi connectivity index (χ2n) is 11.3. The smallest absolute Gasteiger partial charge is 0.251 e. The van der Waals surface area contributed by atoms with Crippen molar-refractivity contribution in [2.45, 2.75) is 0 Å². The Morgan fingerprint density at radius 1 is 0.558 bits per heavy atom. The summed E-state index contributed by atoms with van der Waals surface area (Å²) >= 11 is 2.33. The number of hydrogen-bond donors (Lipinski definition) is 0. The third kappa shape index (κ3) is 6.07. The van der Waals surface area contributed by atoms with Gasteiger partial charge in [-0.25, -0.2) is 0 Å². The highest BCUT2D eigenvalue weighted by Crippen LogP contribution is 2.45. The largest absolute Gasteiger partial charge is 0.871 e. The number of nitrogens with zero attached hydrogens (tertiary/aromatic N) is 6. The molecule has 0 radical (unpaired) electrons. The van der Waals surface area contributed by atoms with Crippen molar-refractivity contribution in [3.8, 4) is 24.3 Å². The first-order chi connectivity index (χ1) is 25.3. The molecule has 0 N–H and O–H groups in total. The Morgan fingerprint density at radius 3 is 1.46 bits per heavy atom. The molecule has 7 rings (SSSR count). The molecule has 0 saturated heterocycles. The lowest BCUT2D eigenvalue weighted by molar-refractivity contribution is -0.294. The summed E-state index contributed by atoms with van der Waals surface area (Å²) in [6.45, 7) is 0. The second-order valence-corrected chi connectivity index (χ2v) is 13.4. The molecule has 1 aliphatic heterocycles. The molecule has 52 heavy (non-hydrogen) atoms. The van der Waals surface area contributed by atoms with E-state index in [1.165, 1.54) is 23.1 Å². The van der Waals surface area contributed by atoms with E-state index in [0.717, 1.165) is 0 Å². The topological polar surface area (TPSA) is 159 Å². The quantitative estimate of drug-likeness (QED) is 0.0994. The van der Waals surface area contributed by atoms with Gasteiger partial charge in [0.2, 0.25) is 22.9 Å². The Morgan fingerprint density at radius 2 is 1.00 bits per heavy atom. The molecule has 11 heteroatoms. The minimum Gasteiger partial charge on any atom is -0.871 e. The molecule has 0 fully saturated rings. The van der Waals surface area contributed by atoms with Crippen molar-refractivity contribution in [3.05, 3.63) is 165 Å². The number of thiophene rings is 1. The molecule has 0 saturated carbocycles. The molecular weight excluding hydrogens is 689 g/mol. The van der Waals surface area contributed by atoms with Crippen LogP contribution in [0.5, 0.6) is 0 Å². The highest BCUT2D eigenvalue weighted by molar-refractivity contribution is 8.18. The van der Waals surface area contributed by atoms with Crippen LogP contribution < -0.4 is 14.6 Å². The van der Waals surface area contributed by atoms with Crippen LogP contribution in [0.25, 0.3) is 5.57 Å². The van der Waals surface area contributed by atoms with Crippen LogP contribution in [0, 0.1) is 45.3 Å². The average Bonchev–Trinajstić information content (AvgIpc) is 3.91. The van der Waals surface area contributed by atoms with E-state index in [1.54, 1.807) is 121 Å². The Balaban J connectivity index is 1.29. The molecule has 1 aromatic heterocycles. The van der Waals surface area contributed by atoms with Crippen LogP contribution in [-0.2, 0) is 9.59 Å². The molecular formula is C41H20N6O3S2. The van der Waals surface area contributed by atoms with Crippen molar-refractivity contribution in [2.75, 3.05) is 4.90 Å². The van der Waals surface area contributed by atoms with Crippen molar-refractivity contribution >= 4 is 73.0 Å². The van der Waals surface area contributed by atoms with Crippen molar-refractivity contribution in [1.29, 1.82) is 21.0 Å². The molecule has 2 heterocycles. The molecule has 4 aromatic carbocycles. The number of thioether (sulfide) groups is 1. The summed E-state index contributed by atoms with van der Waals surface area (Å²) in [5.74, 6) is -2.44. The maximum atomic E-state index is 14.0. The van der Waals surface area contributed by atoms with E-state index in [4.69, 9.17) is 0 Å². The zero-order valence-electron chi connectivity index (χ0n) is 26.8. The fourth-order valence-electron chi connectivity index (χ4n) is 5.72. The van der Waals surface area contributed by atoms with Gasteiger partial charge in [-0.1, -0.05) is 5.76 Å². The highest BCUT2D eigenvalue weighted by Gasteiger charge is 2.37. The standard InChI is InChI=1S/C41H20N6O3S2/c42-21-25-1-9-29(10-2-25)46(30-11-3-26(22-43)4-12-30)35-19-17-33(51-35)37-39(48)38(41(50)40(37)49)34-18-20-36(52-34)47(31-13-5-27(23-44)6-14-31)32-15-7-28(24-45)8-16-32/h1-20H. The first-order valence-electron chi connectivity index (χ1n) is 15.5. The van der Waals surface area contributed by atoms with Crippen LogP contribution in [0.4, 0.5) is 27.8 Å². The van der Waals surface area contributed by atoms with Crippen molar-refractivity contribution in [2.24, 2.45) is 0 Å². The molecule has 9 nitrogen and oxygen atoms in total. The lowest BCUT2D eigenvalue weighted by Gasteiger charge is -2.23. The Kier molecular flexibility index (Phi) is 8.89. The van der Waals surface area contributed by atoms with Gasteiger partial charge in [0.05, 0.1) is 46.5 Å². The summed E-state index contributed by atoms with van der Waals surface area (Å²) in [4.78, 5) is 29.5. The zero-order chi connectivity index (χ0) is 36.4. The number of hydrogen-bond acceptors (Lipinski definition) is 10. The van der Waals surface area contributed by atoms with Gasteiger partial charge in [-0.2, -0.15) is 21.0 Å². The predicted octanol–water partition coefficient (Wildman–Crippen LogP) is 7.42. The molecule has 0 bridgehead atoms. The van der Waals surface area contributed by atoms with E-state index >= 15 is 0 Å². The summed E-state index contributed by atoms with van der Waals surface area (Å²) in [6, 6.07) is 39.4. The lowest BCUT2D eigenvalue weighted by Crippen LogP contribution is -2.13. The van der Waals surface area contributed by atoms with Gasteiger partial charge < -0.3 is 10.0 Å². The Hall–Kier alpha value is -7.28. The summed E-state index contributed by atoms with van der Waals surface area (Å²) in [6.07, 6.45) is 3.39. The predicted molar refractivity (Wildman–Crippen MR) is 198 cm³/mol. The fourth-order valence-corrected chi connectivity index (χ4v) is 7.89. The minimum absolute atomic E-state index is 0.207. The highest BCUT2D eigenvalue weighted by atomic mass is 32.2. The number of carbonyl (C=O) groups is 2. The molecule has 0 spiro atoms. The number of ketones is 2. The molecule has 244 valence electrons. The van der Waals surface area contributed by atoms with E-state index in [9.17, 15) is 35.7 Å². The Labute approximate surface area is 306 Å². The summed E-state index contributed by atoms with van der Waals surface area (Å²) < 4.78 is 1.87. The van der Waals surface area contributed by atoms with Crippen molar-refractivity contribution in [1.82, 2.24) is 4.58 Å². The van der Waals surface area contributed by atoms with Crippen LogP contribution in [-0.4, -0.2) is 16.6 Å². The van der Waals surface area contributed by atoms with E-state index in [-0.39, 0.29) is 11.1 Å². The summed E-state index contributed by atoms with van der Waals surface area (Å²) in [7, 11) is 0. The monoisotopic (exact) mass is 708 g/mol. The van der Waals surface area contributed by atoms with Crippen molar-refractivity contribution in [3.63, 3.8) is 0 Å².